The maximum atomic E-state index is 12.2. The largest absolute Gasteiger partial charge is 0.378 e. The van der Waals surface area contributed by atoms with E-state index in [0.29, 0.717) is 11.7 Å². The zero-order valence-electron chi connectivity index (χ0n) is 20.2. The Morgan fingerprint density at radius 1 is 1.09 bits per heavy atom. The van der Waals surface area contributed by atoms with E-state index >= 15 is 0 Å². The highest BCUT2D eigenvalue weighted by atomic mass is 32.2. The van der Waals surface area contributed by atoms with Gasteiger partial charge in [0.15, 0.2) is 11.0 Å². The molecule has 3 aromatic rings. The number of amides is 1. The van der Waals surface area contributed by atoms with E-state index in [4.69, 9.17) is 0 Å². The highest BCUT2D eigenvalue weighted by Crippen LogP contribution is 2.27. The zero-order valence-corrected chi connectivity index (χ0v) is 21.0. The first-order valence-electron chi connectivity index (χ1n) is 10.9. The molecule has 0 saturated carbocycles. The molecule has 1 aromatic heterocycles. The predicted molar refractivity (Wildman–Crippen MR) is 137 cm³/mol. The number of benzene rings is 2. The first-order chi connectivity index (χ1) is 15.7. The average molecular weight is 465 g/mol. The third-order valence-corrected chi connectivity index (χ3v) is 6.15. The molecule has 0 bridgehead atoms. The summed E-state index contributed by atoms with van der Waals surface area (Å²) in [5.74, 6) is 0.820. The van der Waals surface area contributed by atoms with Crippen LogP contribution in [0, 0.1) is 0 Å². The Bertz CT molecular complexity index is 1100. The minimum absolute atomic E-state index is 0.101. The molecule has 0 unspecified atom stereocenters. The van der Waals surface area contributed by atoms with Gasteiger partial charge in [-0.2, -0.15) is 5.10 Å². The molecule has 7 nitrogen and oxygen atoms in total. The molecule has 2 aromatic carbocycles. The second-order valence-corrected chi connectivity index (χ2v) is 9.89. The normalized spacial score (nSPS) is 11.7. The molecule has 3 rings (SSSR count). The minimum Gasteiger partial charge on any atom is -0.378 e. The number of thioether (sulfide) groups is 1. The Kier molecular flexibility index (Phi) is 7.92. The smallest absolute Gasteiger partial charge is 0.250 e. The lowest BCUT2D eigenvalue weighted by Crippen LogP contribution is -2.20. The highest BCUT2D eigenvalue weighted by molar-refractivity contribution is 7.99. The van der Waals surface area contributed by atoms with E-state index < -0.39 is 0 Å². The van der Waals surface area contributed by atoms with E-state index in [2.05, 4.69) is 65.8 Å². The molecule has 0 aliphatic carbocycles. The number of aromatic nitrogens is 3. The molecule has 1 amide bonds. The number of hydrogen-bond donors (Lipinski definition) is 1. The summed E-state index contributed by atoms with van der Waals surface area (Å²) < 4.78 is 2.03. The summed E-state index contributed by atoms with van der Waals surface area (Å²) in [6.45, 7) is 9.35. The van der Waals surface area contributed by atoms with Crippen LogP contribution in [0.1, 0.15) is 38.8 Å². The van der Waals surface area contributed by atoms with Crippen molar-refractivity contribution < 1.29 is 4.79 Å². The molecule has 0 radical (unpaired) electrons. The van der Waals surface area contributed by atoms with Crippen LogP contribution in [-0.4, -0.2) is 46.7 Å². The molecule has 33 heavy (non-hydrogen) atoms. The summed E-state index contributed by atoms with van der Waals surface area (Å²) in [5.41, 5.74) is 6.99. The summed E-state index contributed by atoms with van der Waals surface area (Å²) in [6.07, 6.45) is 1.63. The number of anilines is 1. The topological polar surface area (TPSA) is 75.4 Å². The van der Waals surface area contributed by atoms with Crippen LogP contribution in [0.4, 0.5) is 5.69 Å². The van der Waals surface area contributed by atoms with Crippen molar-refractivity contribution >= 4 is 29.6 Å². The fourth-order valence-corrected chi connectivity index (χ4v) is 4.01. The second-order valence-electron chi connectivity index (χ2n) is 8.95. The predicted octanol–water partition coefficient (Wildman–Crippen LogP) is 4.57. The van der Waals surface area contributed by atoms with Crippen LogP contribution in [0.2, 0.25) is 0 Å². The molecular weight excluding hydrogens is 432 g/mol. The Labute approximate surface area is 200 Å². The first-order valence-corrected chi connectivity index (χ1v) is 11.9. The van der Waals surface area contributed by atoms with Gasteiger partial charge in [-0.3, -0.25) is 4.79 Å². The van der Waals surface area contributed by atoms with Gasteiger partial charge in [-0.25, -0.2) is 5.43 Å². The number of rotatable bonds is 8. The third kappa shape index (κ3) is 6.44. The van der Waals surface area contributed by atoms with Crippen LogP contribution in [0.15, 0.2) is 58.8 Å². The number of nitrogens with one attached hydrogen (secondary N) is 1. The summed E-state index contributed by atoms with van der Waals surface area (Å²) in [7, 11) is 3.98. The van der Waals surface area contributed by atoms with Gasteiger partial charge in [0.2, 0.25) is 0 Å². The SMILES string of the molecule is CCn1c(SCC(=O)N/N=C/c2ccc(N(C)C)cc2)nnc1-c1ccc(C(C)(C)C)cc1. The van der Waals surface area contributed by atoms with Gasteiger partial charge in [0.1, 0.15) is 0 Å². The zero-order chi connectivity index (χ0) is 24.0. The molecule has 174 valence electrons. The van der Waals surface area contributed by atoms with E-state index in [-0.39, 0.29) is 17.1 Å². The van der Waals surface area contributed by atoms with Gasteiger partial charge in [-0.05, 0) is 35.6 Å². The van der Waals surface area contributed by atoms with Gasteiger partial charge < -0.3 is 9.47 Å². The lowest BCUT2D eigenvalue weighted by molar-refractivity contribution is -0.118. The maximum Gasteiger partial charge on any atom is 0.250 e. The van der Waals surface area contributed by atoms with Crippen LogP contribution in [0.5, 0.6) is 0 Å². The number of carbonyl (C=O) groups is 1. The quantitative estimate of drug-likeness (QED) is 0.300. The Morgan fingerprint density at radius 3 is 2.33 bits per heavy atom. The summed E-state index contributed by atoms with van der Waals surface area (Å²) in [4.78, 5) is 14.3. The van der Waals surface area contributed by atoms with Crippen molar-refractivity contribution in [1.82, 2.24) is 20.2 Å². The lowest BCUT2D eigenvalue weighted by atomic mass is 9.87. The van der Waals surface area contributed by atoms with E-state index in [1.165, 1.54) is 17.3 Å². The molecular formula is C25H32N6OS. The minimum atomic E-state index is -0.192. The molecule has 0 saturated heterocycles. The molecule has 0 aliphatic heterocycles. The van der Waals surface area contributed by atoms with Gasteiger partial charge in [0.05, 0.1) is 12.0 Å². The lowest BCUT2D eigenvalue weighted by Gasteiger charge is -2.19. The maximum absolute atomic E-state index is 12.2. The number of carbonyl (C=O) groups excluding carboxylic acids is 1. The summed E-state index contributed by atoms with van der Waals surface area (Å²) in [6, 6.07) is 16.4. The van der Waals surface area contributed by atoms with Gasteiger partial charge in [0.25, 0.3) is 5.91 Å². The molecule has 0 atom stereocenters. The van der Waals surface area contributed by atoms with Crippen LogP contribution >= 0.6 is 11.8 Å². The van der Waals surface area contributed by atoms with Crippen LogP contribution < -0.4 is 10.3 Å². The van der Waals surface area contributed by atoms with Gasteiger partial charge >= 0.3 is 0 Å². The molecule has 0 spiro atoms. The number of hydrazone groups is 1. The Morgan fingerprint density at radius 2 is 1.76 bits per heavy atom. The standard InChI is InChI=1S/C25H32N6OS/c1-7-31-23(19-10-12-20(13-11-19)25(2,3)4)28-29-24(31)33-17-22(32)27-26-16-18-8-14-21(15-9-18)30(5)6/h8-16H,7,17H2,1-6H3,(H,27,32)/b26-16+. The molecule has 8 heteroatoms. The van der Waals surface area contributed by atoms with Crippen LogP contribution in [0.3, 0.4) is 0 Å². The van der Waals surface area contributed by atoms with Crippen molar-refractivity contribution in [3.05, 3.63) is 59.7 Å². The van der Waals surface area contributed by atoms with E-state index in [1.54, 1.807) is 6.21 Å². The van der Waals surface area contributed by atoms with Crippen molar-refractivity contribution in [3.63, 3.8) is 0 Å². The van der Waals surface area contributed by atoms with Crippen molar-refractivity contribution in [2.75, 3.05) is 24.7 Å². The monoisotopic (exact) mass is 464 g/mol. The third-order valence-electron chi connectivity index (χ3n) is 5.19. The van der Waals surface area contributed by atoms with Crippen molar-refractivity contribution in [3.8, 4) is 11.4 Å². The van der Waals surface area contributed by atoms with Crippen molar-refractivity contribution in [2.45, 2.75) is 44.8 Å². The molecule has 1 N–H and O–H groups in total. The fourth-order valence-electron chi connectivity index (χ4n) is 3.21. The fraction of sp³-hybridized carbons (Fsp3) is 0.360. The van der Waals surface area contributed by atoms with E-state index in [0.717, 1.165) is 22.6 Å². The Hall–Kier alpha value is -3.13. The average Bonchev–Trinajstić information content (AvgIpc) is 3.20. The number of hydrogen-bond acceptors (Lipinski definition) is 6. The van der Waals surface area contributed by atoms with E-state index in [9.17, 15) is 4.79 Å². The second kappa shape index (κ2) is 10.7. The van der Waals surface area contributed by atoms with Gasteiger partial charge in [-0.15, -0.1) is 10.2 Å². The number of nitrogens with zero attached hydrogens (tertiary/aromatic N) is 5. The summed E-state index contributed by atoms with van der Waals surface area (Å²) in [5, 5.41) is 13.5. The highest BCUT2D eigenvalue weighted by Gasteiger charge is 2.17. The van der Waals surface area contributed by atoms with Gasteiger partial charge in [0, 0.05) is 31.9 Å². The van der Waals surface area contributed by atoms with E-state index in [1.807, 2.05) is 54.8 Å². The first kappa shape index (κ1) is 24.5. The van der Waals surface area contributed by atoms with Crippen LogP contribution in [0.25, 0.3) is 11.4 Å². The van der Waals surface area contributed by atoms with Crippen molar-refractivity contribution in [1.29, 1.82) is 0 Å². The Balaban J connectivity index is 1.59. The summed E-state index contributed by atoms with van der Waals surface area (Å²) >= 11 is 1.35. The molecule has 0 fully saturated rings. The van der Waals surface area contributed by atoms with Crippen LogP contribution in [-0.2, 0) is 16.8 Å². The molecule has 1 heterocycles. The van der Waals surface area contributed by atoms with Gasteiger partial charge in [-0.1, -0.05) is 68.9 Å². The van der Waals surface area contributed by atoms with Crippen molar-refractivity contribution in [2.24, 2.45) is 5.10 Å². The molecule has 0 aliphatic rings.